The Morgan fingerprint density at radius 3 is 2.19 bits per heavy atom. The molecule has 94 valence electrons. The zero-order chi connectivity index (χ0) is 12.8. The second kappa shape index (κ2) is 6.82. The Bertz CT molecular complexity index is 229. The summed E-state index contributed by atoms with van der Waals surface area (Å²) in [5, 5.41) is 0. The quantitative estimate of drug-likeness (QED) is 0.468. The number of hydrogen-bond acceptors (Lipinski definition) is 2. The van der Waals surface area contributed by atoms with Gasteiger partial charge in [-0.3, -0.25) is 4.79 Å². The maximum Gasteiger partial charge on any atom is 0.148 e. The lowest BCUT2D eigenvalue weighted by Gasteiger charge is -2.25. The van der Waals surface area contributed by atoms with Gasteiger partial charge in [-0.2, -0.15) is 0 Å². The predicted octanol–water partition coefficient (Wildman–Crippen LogP) is 3.63. The Morgan fingerprint density at radius 2 is 1.81 bits per heavy atom. The normalized spacial score (nSPS) is 13.9. The lowest BCUT2D eigenvalue weighted by Crippen LogP contribution is -2.32. The number of carbonyl (C=O) groups is 2. The van der Waals surface area contributed by atoms with Gasteiger partial charge in [0, 0.05) is 5.41 Å². The molecule has 0 heterocycles. The van der Waals surface area contributed by atoms with Crippen molar-refractivity contribution in [3.05, 3.63) is 0 Å². The molecule has 0 aliphatic carbocycles. The molecule has 0 aliphatic rings. The zero-order valence-electron chi connectivity index (χ0n) is 11.4. The van der Waals surface area contributed by atoms with E-state index in [4.69, 9.17) is 0 Å². The van der Waals surface area contributed by atoms with Crippen LogP contribution in [0.4, 0.5) is 0 Å². The summed E-state index contributed by atoms with van der Waals surface area (Å²) in [5.74, 6) is 0.262. The topological polar surface area (TPSA) is 34.1 Å². The van der Waals surface area contributed by atoms with Gasteiger partial charge in [0.25, 0.3) is 0 Å². The monoisotopic (exact) mass is 226 g/mol. The van der Waals surface area contributed by atoms with Gasteiger partial charge < -0.3 is 4.79 Å². The third-order valence-electron chi connectivity index (χ3n) is 3.10. The predicted molar refractivity (Wildman–Crippen MR) is 67.3 cm³/mol. The van der Waals surface area contributed by atoms with Crippen LogP contribution in [0.5, 0.6) is 0 Å². The van der Waals surface area contributed by atoms with Gasteiger partial charge >= 0.3 is 0 Å². The van der Waals surface area contributed by atoms with Crippen LogP contribution in [-0.2, 0) is 9.59 Å². The first-order valence-corrected chi connectivity index (χ1v) is 6.34. The van der Waals surface area contributed by atoms with Crippen molar-refractivity contribution in [1.82, 2.24) is 0 Å². The van der Waals surface area contributed by atoms with Crippen molar-refractivity contribution in [3.8, 4) is 0 Å². The molecule has 0 aromatic rings. The summed E-state index contributed by atoms with van der Waals surface area (Å²) in [6.07, 6.45) is 4.32. The highest BCUT2D eigenvalue weighted by molar-refractivity contribution is 5.96. The summed E-state index contributed by atoms with van der Waals surface area (Å²) in [6, 6.07) is 0. The molecule has 0 aliphatic heterocycles. The lowest BCUT2D eigenvalue weighted by molar-refractivity contribution is -0.135. The Kier molecular flexibility index (Phi) is 6.54. The largest absolute Gasteiger partial charge is 0.303 e. The van der Waals surface area contributed by atoms with E-state index < -0.39 is 5.92 Å². The molecule has 0 fully saturated rings. The summed E-state index contributed by atoms with van der Waals surface area (Å²) in [6.45, 7) is 10.2. The van der Waals surface area contributed by atoms with Gasteiger partial charge in [0.15, 0.2) is 0 Å². The van der Waals surface area contributed by atoms with Crippen LogP contribution in [0.3, 0.4) is 0 Å². The Labute approximate surface area is 99.8 Å². The molecular formula is C14H26O2. The number of hydrogen-bond donors (Lipinski definition) is 0. The third-order valence-corrected chi connectivity index (χ3v) is 3.10. The van der Waals surface area contributed by atoms with E-state index >= 15 is 0 Å². The first-order chi connectivity index (χ1) is 7.35. The second-order valence-corrected chi connectivity index (χ2v) is 5.71. The highest BCUT2D eigenvalue weighted by Crippen LogP contribution is 2.28. The van der Waals surface area contributed by atoms with Crippen LogP contribution >= 0.6 is 0 Å². The van der Waals surface area contributed by atoms with E-state index in [-0.39, 0.29) is 11.2 Å². The van der Waals surface area contributed by atoms with E-state index in [2.05, 4.69) is 20.8 Å². The molecule has 1 atom stereocenters. The smallest absolute Gasteiger partial charge is 0.148 e. The zero-order valence-corrected chi connectivity index (χ0v) is 11.4. The number of ketones is 1. The van der Waals surface area contributed by atoms with Gasteiger partial charge in [-0.25, -0.2) is 0 Å². The summed E-state index contributed by atoms with van der Waals surface area (Å²) in [7, 11) is 0. The lowest BCUT2D eigenvalue weighted by atomic mass is 9.76. The number of carbonyl (C=O) groups excluding carboxylic acids is 2. The summed E-state index contributed by atoms with van der Waals surface area (Å²) >= 11 is 0. The van der Waals surface area contributed by atoms with Crippen LogP contribution in [0.1, 0.15) is 60.3 Å². The number of Topliss-reactive ketones (excluding diaryl/α,β-unsaturated/α-hetero) is 1. The molecule has 0 N–H and O–H groups in total. The van der Waals surface area contributed by atoms with Crippen molar-refractivity contribution in [2.45, 2.75) is 60.3 Å². The van der Waals surface area contributed by atoms with Crippen LogP contribution in [0.15, 0.2) is 0 Å². The fourth-order valence-electron chi connectivity index (χ4n) is 2.02. The van der Waals surface area contributed by atoms with E-state index in [1.807, 2.05) is 13.8 Å². The minimum absolute atomic E-state index is 0.116. The molecule has 0 aromatic carbocycles. The SMILES string of the molecule is CCCC(C)(C)C(=O)C(C=O)CCC(C)C. The maximum atomic E-state index is 12.2. The van der Waals surface area contributed by atoms with Crippen LogP contribution < -0.4 is 0 Å². The summed E-state index contributed by atoms with van der Waals surface area (Å²) in [4.78, 5) is 23.2. The van der Waals surface area contributed by atoms with Crippen molar-refractivity contribution in [1.29, 1.82) is 0 Å². The van der Waals surface area contributed by atoms with Gasteiger partial charge in [0.05, 0.1) is 5.92 Å². The van der Waals surface area contributed by atoms with E-state index in [9.17, 15) is 9.59 Å². The first-order valence-electron chi connectivity index (χ1n) is 6.34. The number of rotatable bonds is 8. The molecule has 0 bridgehead atoms. The summed E-state index contributed by atoms with van der Waals surface area (Å²) in [5.41, 5.74) is -0.350. The molecule has 0 amide bonds. The molecule has 2 heteroatoms. The van der Waals surface area contributed by atoms with Crippen LogP contribution in [-0.4, -0.2) is 12.1 Å². The van der Waals surface area contributed by atoms with E-state index in [0.29, 0.717) is 12.3 Å². The number of aldehydes is 1. The van der Waals surface area contributed by atoms with Crippen LogP contribution in [0.2, 0.25) is 0 Å². The molecule has 0 aromatic heterocycles. The Hall–Kier alpha value is -0.660. The van der Waals surface area contributed by atoms with Gasteiger partial charge in [-0.1, -0.05) is 41.0 Å². The molecule has 16 heavy (non-hydrogen) atoms. The molecular weight excluding hydrogens is 200 g/mol. The van der Waals surface area contributed by atoms with E-state index in [1.165, 1.54) is 0 Å². The first kappa shape index (κ1) is 15.3. The minimum Gasteiger partial charge on any atom is -0.303 e. The highest BCUT2D eigenvalue weighted by Gasteiger charge is 2.32. The average molecular weight is 226 g/mol. The molecule has 1 unspecified atom stereocenters. The maximum absolute atomic E-state index is 12.2. The van der Waals surface area contributed by atoms with Crippen LogP contribution in [0, 0.1) is 17.3 Å². The van der Waals surface area contributed by atoms with Crippen molar-refractivity contribution in [2.24, 2.45) is 17.3 Å². The van der Waals surface area contributed by atoms with Crippen molar-refractivity contribution < 1.29 is 9.59 Å². The molecule has 0 rings (SSSR count). The fourth-order valence-corrected chi connectivity index (χ4v) is 2.02. The molecule has 0 saturated heterocycles. The summed E-state index contributed by atoms with van der Waals surface area (Å²) < 4.78 is 0. The van der Waals surface area contributed by atoms with Gasteiger partial charge in [-0.05, 0) is 25.2 Å². The molecule has 0 saturated carbocycles. The van der Waals surface area contributed by atoms with Gasteiger partial charge in [-0.15, -0.1) is 0 Å². The minimum atomic E-state index is -0.399. The van der Waals surface area contributed by atoms with Crippen molar-refractivity contribution in [2.75, 3.05) is 0 Å². The van der Waals surface area contributed by atoms with Crippen molar-refractivity contribution in [3.63, 3.8) is 0 Å². The highest BCUT2D eigenvalue weighted by atomic mass is 16.1. The van der Waals surface area contributed by atoms with Crippen molar-refractivity contribution >= 4 is 12.1 Å². The second-order valence-electron chi connectivity index (χ2n) is 5.71. The van der Waals surface area contributed by atoms with E-state index in [1.54, 1.807) is 0 Å². The Balaban J connectivity index is 4.46. The average Bonchev–Trinajstić information content (AvgIpc) is 2.17. The third kappa shape index (κ3) is 4.91. The van der Waals surface area contributed by atoms with Gasteiger partial charge in [0.1, 0.15) is 12.1 Å². The Morgan fingerprint density at radius 1 is 1.25 bits per heavy atom. The van der Waals surface area contributed by atoms with Crippen LogP contribution in [0.25, 0.3) is 0 Å². The standard InChI is InChI=1S/C14H26O2/c1-6-9-14(4,5)13(16)12(10-15)8-7-11(2)3/h10-12H,6-9H2,1-5H3. The fraction of sp³-hybridized carbons (Fsp3) is 0.857. The van der Waals surface area contributed by atoms with Gasteiger partial charge in [0.2, 0.25) is 0 Å². The molecule has 0 spiro atoms. The molecule has 2 nitrogen and oxygen atoms in total. The van der Waals surface area contributed by atoms with E-state index in [0.717, 1.165) is 25.5 Å². The molecule has 0 radical (unpaired) electrons.